The zero-order chi connectivity index (χ0) is 12.3. The molecule has 0 radical (unpaired) electrons. The van der Waals surface area contributed by atoms with Crippen LogP contribution in [0.1, 0.15) is 25.7 Å². The Hall–Kier alpha value is -0.650. The van der Waals surface area contributed by atoms with Crippen LogP contribution in [0.4, 0.5) is 0 Å². The Balaban J connectivity index is 1.73. The lowest BCUT2D eigenvalue weighted by Gasteiger charge is -2.34. The van der Waals surface area contributed by atoms with Crippen molar-refractivity contribution in [3.63, 3.8) is 0 Å². The van der Waals surface area contributed by atoms with Gasteiger partial charge in [0.25, 0.3) is 0 Å². The number of amides is 1. The molecule has 2 aliphatic rings. The van der Waals surface area contributed by atoms with Crippen LogP contribution in [0.5, 0.6) is 0 Å². The normalized spacial score (nSPS) is 32.4. The third-order valence-electron chi connectivity index (χ3n) is 3.91. The summed E-state index contributed by atoms with van der Waals surface area (Å²) in [7, 11) is 2.11. The molecule has 17 heavy (non-hydrogen) atoms. The molecule has 0 spiro atoms. The number of carbonyl (C=O) groups excluding carboxylic acids is 1. The molecule has 0 unspecified atom stereocenters. The molecule has 0 aromatic heterocycles. The van der Waals surface area contributed by atoms with Gasteiger partial charge in [-0.2, -0.15) is 0 Å². The summed E-state index contributed by atoms with van der Waals surface area (Å²) in [5, 5.41) is 2.05. The Morgan fingerprint density at radius 3 is 2.29 bits per heavy atom. The van der Waals surface area contributed by atoms with Gasteiger partial charge >= 0.3 is 0 Å². The summed E-state index contributed by atoms with van der Waals surface area (Å²) in [6.07, 6.45) is 3.86. The van der Waals surface area contributed by atoms with Gasteiger partial charge in [-0.1, -0.05) is 0 Å². The van der Waals surface area contributed by atoms with Gasteiger partial charge in [-0.05, 0) is 32.7 Å². The maximum atomic E-state index is 12.0. The summed E-state index contributed by atoms with van der Waals surface area (Å²) in [5.41, 5.74) is 8.90. The van der Waals surface area contributed by atoms with Crippen molar-refractivity contribution in [1.82, 2.24) is 15.3 Å². The number of piperazine rings is 1. The number of carbonyl (C=O) groups is 1. The van der Waals surface area contributed by atoms with E-state index in [4.69, 9.17) is 5.73 Å². The summed E-state index contributed by atoms with van der Waals surface area (Å²) < 4.78 is 0. The standard InChI is InChI=1S/C12H24N4O/c1-15-6-8-16(9-7-15)14-12(17)10-2-4-11(13)5-3-10/h10-11H,2-9,13H2,1H3,(H,14,17). The van der Waals surface area contributed by atoms with Crippen LogP contribution in [0.25, 0.3) is 0 Å². The van der Waals surface area contributed by atoms with Crippen molar-refractivity contribution in [2.45, 2.75) is 31.7 Å². The summed E-state index contributed by atoms with van der Waals surface area (Å²) in [6.45, 7) is 3.90. The molecule has 1 saturated carbocycles. The van der Waals surface area contributed by atoms with E-state index in [0.29, 0.717) is 6.04 Å². The number of hydrogen-bond donors (Lipinski definition) is 2. The predicted octanol–water partition coefficient (Wildman–Crippen LogP) is -0.217. The van der Waals surface area contributed by atoms with Crippen molar-refractivity contribution < 1.29 is 4.79 Å². The molecule has 1 aliphatic heterocycles. The van der Waals surface area contributed by atoms with Gasteiger partial charge in [-0.3, -0.25) is 10.2 Å². The van der Waals surface area contributed by atoms with Crippen molar-refractivity contribution in [3.8, 4) is 0 Å². The highest BCUT2D eigenvalue weighted by atomic mass is 16.2. The molecule has 2 rings (SSSR count). The zero-order valence-electron chi connectivity index (χ0n) is 10.7. The van der Waals surface area contributed by atoms with Crippen LogP contribution in [0.3, 0.4) is 0 Å². The first-order chi connectivity index (χ1) is 8.15. The number of likely N-dealkylation sites (N-methyl/N-ethyl adjacent to an activating group) is 1. The van der Waals surface area contributed by atoms with Gasteiger partial charge in [-0.15, -0.1) is 0 Å². The number of rotatable bonds is 2. The average molecular weight is 240 g/mol. The summed E-state index contributed by atoms with van der Waals surface area (Å²) in [5.74, 6) is 0.371. The van der Waals surface area contributed by atoms with Gasteiger partial charge in [-0.25, -0.2) is 5.01 Å². The molecule has 1 saturated heterocycles. The van der Waals surface area contributed by atoms with Crippen LogP contribution in [0.15, 0.2) is 0 Å². The highest BCUT2D eigenvalue weighted by Gasteiger charge is 2.26. The largest absolute Gasteiger partial charge is 0.328 e. The minimum atomic E-state index is 0.175. The highest BCUT2D eigenvalue weighted by molar-refractivity contribution is 5.78. The van der Waals surface area contributed by atoms with E-state index in [1.54, 1.807) is 0 Å². The van der Waals surface area contributed by atoms with Crippen LogP contribution in [-0.2, 0) is 4.79 Å². The second-order valence-electron chi connectivity index (χ2n) is 5.38. The number of nitrogens with one attached hydrogen (secondary N) is 1. The monoisotopic (exact) mass is 240 g/mol. The molecule has 2 fully saturated rings. The van der Waals surface area contributed by atoms with E-state index < -0.39 is 0 Å². The van der Waals surface area contributed by atoms with Gasteiger partial charge in [0.1, 0.15) is 0 Å². The van der Waals surface area contributed by atoms with E-state index in [2.05, 4.69) is 22.4 Å². The molecule has 5 nitrogen and oxygen atoms in total. The third-order valence-corrected chi connectivity index (χ3v) is 3.91. The molecule has 0 bridgehead atoms. The average Bonchev–Trinajstić information content (AvgIpc) is 2.33. The Bertz CT molecular complexity index is 255. The zero-order valence-corrected chi connectivity index (χ0v) is 10.7. The van der Waals surface area contributed by atoms with Crippen molar-refractivity contribution in [2.75, 3.05) is 33.2 Å². The number of hydrogen-bond acceptors (Lipinski definition) is 4. The fourth-order valence-electron chi connectivity index (χ4n) is 2.55. The number of hydrazine groups is 1. The van der Waals surface area contributed by atoms with Crippen molar-refractivity contribution in [3.05, 3.63) is 0 Å². The van der Waals surface area contributed by atoms with Gasteiger partial charge < -0.3 is 10.6 Å². The Labute approximate surface area is 103 Å². The molecular formula is C12H24N4O. The van der Waals surface area contributed by atoms with Crippen molar-refractivity contribution in [2.24, 2.45) is 11.7 Å². The highest BCUT2D eigenvalue weighted by Crippen LogP contribution is 2.23. The number of nitrogens with two attached hydrogens (primary N) is 1. The molecular weight excluding hydrogens is 216 g/mol. The SMILES string of the molecule is CN1CCN(NC(=O)C2CCC(N)CC2)CC1. The Morgan fingerprint density at radius 2 is 1.71 bits per heavy atom. The summed E-state index contributed by atoms with van der Waals surface area (Å²) >= 11 is 0. The van der Waals surface area contributed by atoms with E-state index >= 15 is 0 Å². The minimum absolute atomic E-state index is 0.175. The van der Waals surface area contributed by atoms with Crippen molar-refractivity contribution >= 4 is 5.91 Å². The van der Waals surface area contributed by atoms with E-state index in [-0.39, 0.29) is 11.8 Å². The minimum Gasteiger partial charge on any atom is -0.328 e. The molecule has 5 heteroatoms. The van der Waals surface area contributed by atoms with Crippen LogP contribution >= 0.6 is 0 Å². The fraction of sp³-hybridized carbons (Fsp3) is 0.917. The van der Waals surface area contributed by atoms with Crippen molar-refractivity contribution in [1.29, 1.82) is 0 Å². The third kappa shape index (κ3) is 3.66. The first-order valence-electron chi connectivity index (χ1n) is 6.64. The Morgan fingerprint density at radius 1 is 1.12 bits per heavy atom. The molecule has 0 atom stereocenters. The lowest BCUT2D eigenvalue weighted by atomic mass is 9.86. The quantitative estimate of drug-likeness (QED) is 0.701. The van der Waals surface area contributed by atoms with Crippen LogP contribution in [0.2, 0.25) is 0 Å². The fourth-order valence-corrected chi connectivity index (χ4v) is 2.55. The smallest absolute Gasteiger partial charge is 0.237 e. The van der Waals surface area contributed by atoms with Gasteiger partial charge in [0.2, 0.25) is 5.91 Å². The second kappa shape index (κ2) is 5.80. The lowest BCUT2D eigenvalue weighted by molar-refractivity contribution is -0.131. The maximum absolute atomic E-state index is 12.0. The number of nitrogens with zero attached hydrogens (tertiary/aromatic N) is 2. The molecule has 1 amide bonds. The second-order valence-corrected chi connectivity index (χ2v) is 5.38. The molecule has 0 aromatic rings. The topological polar surface area (TPSA) is 61.6 Å². The molecule has 1 heterocycles. The molecule has 98 valence electrons. The van der Waals surface area contributed by atoms with E-state index in [1.165, 1.54) is 0 Å². The van der Waals surface area contributed by atoms with Crippen LogP contribution in [-0.4, -0.2) is 55.1 Å². The van der Waals surface area contributed by atoms with E-state index in [9.17, 15) is 4.79 Å². The van der Waals surface area contributed by atoms with E-state index in [1.807, 2.05) is 0 Å². The summed E-state index contributed by atoms with van der Waals surface area (Å²) in [4.78, 5) is 14.3. The van der Waals surface area contributed by atoms with Gasteiger partial charge in [0.05, 0.1) is 0 Å². The van der Waals surface area contributed by atoms with Gasteiger partial charge in [0.15, 0.2) is 0 Å². The van der Waals surface area contributed by atoms with E-state index in [0.717, 1.165) is 51.9 Å². The van der Waals surface area contributed by atoms with Gasteiger partial charge in [0, 0.05) is 38.1 Å². The first-order valence-corrected chi connectivity index (χ1v) is 6.64. The lowest BCUT2D eigenvalue weighted by Crippen LogP contribution is -2.54. The molecule has 1 aliphatic carbocycles. The first kappa shape index (κ1) is 12.8. The summed E-state index contributed by atoms with van der Waals surface area (Å²) in [6, 6.07) is 0.308. The van der Waals surface area contributed by atoms with Crippen LogP contribution < -0.4 is 11.2 Å². The maximum Gasteiger partial charge on any atom is 0.237 e. The molecule has 3 N–H and O–H groups in total. The van der Waals surface area contributed by atoms with Crippen LogP contribution in [0, 0.1) is 5.92 Å². The Kier molecular flexibility index (Phi) is 4.36. The predicted molar refractivity (Wildman–Crippen MR) is 67.1 cm³/mol. The molecule has 0 aromatic carbocycles.